The maximum atomic E-state index is 13.4. The number of nitrogens with one attached hydrogen (secondary N) is 1. The van der Waals surface area contributed by atoms with E-state index in [1.165, 1.54) is 25.1 Å². The highest BCUT2D eigenvalue weighted by atomic mass is 19.1. The fourth-order valence-electron chi connectivity index (χ4n) is 2.60. The van der Waals surface area contributed by atoms with E-state index in [0.29, 0.717) is 17.7 Å². The van der Waals surface area contributed by atoms with Crippen LogP contribution in [0, 0.1) is 5.82 Å². The molecule has 0 spiro atoms. The average molecular weight is 266 g/mol. The third kappa shape index (κ3) is 2.52. The highest BCUT2D eigenvalue weighted by Crippen LogP contribution is 2.37. The second kappa shape index (κ2) is 4.87. The lowest BCUT2D eigenvalue weighted by Gasteiger charge is -2.38. The molecule has 0 aliphatic carbocycles. The molecular formula is C13H15FN2O3. The smallest absolute Gasteiger partial charge is 0.405 e. The summed E-state index contributed by atoms with van der Waals surface area (Å²) in [5.74, 6) is -0.594. The Morgan fingerprint density at radius 2 is 2.16 bits per heavy atom. The number of hydrogen-bond donors (Lipinski definition) is 2. The third-order valence-corrected chi connectivity index (χ3v) is 3.28. The van der Waals surface area contributed by atoms with Gasteiger partial charge in [0.15, 0.2) is 0 Å². The molecule has 2 amide bonds. The Labute approximate surface area is 110 Å². The highest BCUT2D eigenvalue weighted by Gasteiger charge is 2.33. The Bertz CT molecular complexity index is 533. The Morgan fingerprint density at radius 3 is 2.74 bits per heavy atom. The highest BCUT2D eigenvalue weighted by molar-refractivity contribution is 5.93. The fourth-order valence-corrected chi connectivity index (χ4v) is 2.60. The number of amides is 2. The average Bonchev–Trinajstić information content (AvgIpc) is 2.28. The summed E-state index contributed by atoms with van der Waals surface area (Å²) in [6.45, 7) is 3.28. The van der Waals surface area contributed by atoms with Crippen LogP contribution in [0.15, 0.2) is 18.2 Å². The zero-order chi connectivity index (χ0) is 14.2. The van der Waals surface area contributed by atoms with Crippen molar-refractivity contribution in [2.24, 2.45) is 0 Å². The Balaban J connectivity index is 2.49. The summed E-state index contributed by atoms with van der Waals surface area (Å²) >= 11 is 0. The molecule has 1 heterocycles. The quantitative estimate of drug-likeness (QED) is 0.819. The van der Waals surface area contributed by atoms with E-state index in [1.54, 1.807) is 4.90 Å². The first-order valence-electron chi connectivity index (χ1n) is 5.99. The van der Waals surface area contributed by atoms with Crippen molar-refractivity contribution in [1.82, 2.24) is 5.32 Å². The second-order valence-electron chi connectivity index (χ2n) is 4.68. The number of nitrogens with zero attached hydrogens (tertiary/aromatic N) is 1. The molecule has 102 valence electrons. The van der Waals surface area contributed by atoms with Gasteiger partial charge in [-0.2, -0.15) is 0 Å². The number of fused-ring (bicyclic) bond motifs is 1. The third-order valence-electron chi connectivity index (χ3n) is 3.28. The second-order valence-corrected chi connectivity index (χ2v) is 4.68. The molecule has 0 saturated heterocycles. The molecular weight excluding hydrogens is 251 g/mol. The SMILES string of the molecule is CC(=O)N1c2ccc(F)cc2[C@H](NC(=O)O)C[C@@H]1C. The number of carbonyl (C=O) groups excluding carboxylic acids is 1. The molecule has 19 heavy (non-hydrogen) atoms. The normalized spacial score (nSPS) is 21.7. The van der Waals surface area contributed by atoms with Crippen LogP contribution in [0.1, 0.15) is 31.9 Å². The summed E-state index contributed by atoms with van der Waals surface area (Å²) in [5.41, 5.74) is 1.06. The minimum atomic E-state index is -1.16. The predicted octanol–water partition coefficient (Wildman–Crippen LogP) is 2.28. The largest absolute Gasteiger partial charge is 0.465 e. The van der Waals surface area contributed by atoms with E-state index in [9.17, 15) is 14.0 Å². The standard InChI is InChI=1S/C13H15FN2O3/c1-7-5-11(15-13(18)19)10-6-9(14)3-4-12(10)16(7)8(2)17/h3-4,6-7,11,15H,5H2,1-2H3,(H,18,19)/t7-,11+/m0/s1. The van der Waals surface area contributed by atoms with Gasteiger partial charge in [0, 0.05) is 24.2 Å². The van der Waals surface area contributed by atoms with Gasteiger partial charge in [-0.1, -0.05) is 0 Å². The fraction of sp³-hybridized carbons (Fsp3) is 0.385. The summed E-state index contributed by atoms with van der Waals surface area (Å²) in [5, 5.41) is 11.2. The van der Waals surface area contributed by atoms with Gasteiger partial charge in [0.1, 0.15) is 5.82 Å². The lowest BCUT2D eigenvalue weighted by molar-refractivity contribution is -0.117. The molecule has 6 heteroatoms. The van der Waals surface area contributed by atoms with Crippen LogP contribution in [0.2, 0.25) is 0 Å². The lowest BCUT2D eigenvalue weighted by atomic mass is 9.91. The predicted molar refractivity (Wildman–Crippen MR) is 67.5 cm³/mol. The monoisotopic (exact) mass is 266 g/mol. The number of halogens is 1. The number of rotatable bonds is 1. The molecule has 0 aromatic heterocycles. The Morgan fingerprint density at radius 1 is 1.47 bits per heavy atom. The maximum absolute atomic E-state index is 13.4. The lowest BCUT2D eigenvalue weighted by Crippen LogP contribution is -2.45. The number of benzene rings is 1. The molecule has 1 aliphatic rings. The van der Waals surface area contributed by atoms with Crippen LogP contribution in [0.5, 0.6) is 0 Å². The number of carboxylic acid groups (broad SMARTS) is 1. The van der Waals surface area contributed by atoms with E-state index < -0.39 is 18.0 Å². The van der Waals surface area contributed by atoms with Gasteiger partial charge in [-0.3, -0.25) is 4.79 Å². The molecule has 0 bridgehead atoms. The number of hydrogen-bond acceptors (Lipinski definition) is 2. The van der Waals surface area contributed by atoms with Gasteiger partial charge in [0.2, 0.25) is 5.91 Å². The van der Waals surface area contributed by atoms with Crippen molar-refractivity contribution in [3.63, 3.8) is 0 Å². The zero-order valence-electron chi connectivity index (χ0n) is 10.7. The van der Waals surface area contributed by atoms with E-state index in [2.05, 4.69) is 5.32 Å². The first-order valence-corrected chi connectivity index (χ1v) is 5.99. The molecule has 0 radical (unpaired) electrons. The van der Waals surface area contributed by atoms with Gasteiger partial charge >= 0.3 is 6.09 Å². The summed E-state index contributed by atoms with van der Waals surface area (Å²) in [7, 11) is 0. The summed E-state index contributed by atoms with van der Waals surface area (Å²) in [6, 6.07) is 3.40. The van der Waals surface area contributed by atoms with Gasteiger partial charge in [0.05, 0.1) is 6.04 Å². The number of carbonyl (C=O) groups is 2. The van der Waals surface area contributed by atoms with E-state index in [0.717, 1.165) is 0 Å². The zero-order valence-corrected chi connectivity index (χ0v) is 10.7. The molecule has 1 aromatic rings. The molecule has 2 atom stereocenters. The molecule has 0 fully saturated rings. The van der Waals surface area contributed by atoms with E-state index in [1.807, 2.05) is 6.92 Å². The summed E-state index contributed by atoms with van der Waals surface area (Å²) in [6.07, 6.45) is -0.744. The Hall–Kier alpha value is -2.11. The van der Waals surface area contributed by atoms with Crippen molar-refractivity contribution >= 4 is 17.7 Å². The molecule has 1 aromatic carbocycles. The van der Waals surface area contributed by atoms with Crippen molar-refractivity contribution < 1.29 is 19.1 Å². The summed E-state index contributed by atoms with van der Waals surface area (Å²) < 4.78 is 13.4. The van der Waals surface area contributed by atoms with Gasteiger partial charge in [-0.15, -0.1) is 0 Å². The molecule has 2 rings (SSSR count). The topological polar surface area (TPSA) is 69.6 Å². The van der Waals surface area contributed by atoms with E-state index in [-0.39, 0.29) is 11.9 Å². The molecule has 0 saturated carbocycles. The van der Waals surface area contributed by atoms with Crippen molar-refractivity contribution in [2.75, 3.05) is 4.90 Å². The first kappa shape index (κ1) is 13.3. The van der Waals surface area contributed by atoms with Crippen LogP contribution in [-0.4, -0.2) is 23.1 Å². The molecule has 1 aliphatic heterocycles. The van der Waals surface area contributed by atoms with Crippen molar-refractivity contribution in [1.29, 1.82) is 0 Å². The van der Waals surface area contributed by atoms with Crippen LogP contribution in [0.3, 0.4) is 0 Å². The minimum Gasteiger partial charge on any atom is -0.465 e. The van der Waals surface area contributed by atoms with Crippen LogP contribution in [0.4, 0.5) is 14.9 Å². The van der Waals surface area contributed by atoms with Crippen LogP contribution >= 0.6 is 0 Å². The summed E-state index contributed by atoms with van der Waals surface area (Å²) in [4.78, 5) is 24.0. The van der Waals surface area contributed by atoms with Crippen molar-refractivity contribution in [3.8, 4) is 0 Å². The van der Waals surface area contributed by atoms with Crippen LogP contribution in [-0.2, 0) is 4.79 Å². The maximum Gasteiger partial charge on any atom is 0.405 e. The minimum absolute atomic E-state index is 0.144. The van der Waals surface area contributed by atoms with E-state index >= 15 is 0 Å². The first-order chi connectivity index (χ1) is 8.90. The number of anilines is 1. The van der Waals surface area contributed by atoms with Gasteiger partial charge in [-0.25, -0.2) is 9.18 Å². The van der Waals surface area contributed by atoms with Crippen molar-refractivity contribution in [2.45, 2.75) is 32.4 Å². The van der Waals surface area contributed by atoms with Gasteiger partial charge < -0.3 is 15.3 Å². The van der Waals surface area contributed by atoms with Crippen LogP contribution < -0.4 is 10.2 Å². The van der Waals surface area contributed by atoms with E-state index in [4.69, 9.17) is 5.11 Å². The van der Waals surface area contributed by atoms with Crippen LogP contribution in [0.25, 0.3) is 0 Å². The van der Waals surface area contributed by atoms with Crippen molar-refractivity contribution in [3.05, 3.63) is 29.6 Å². The molecule has 2 N–H and O–H groups in total. The van der Waals surface area contributed by atoms with Gasteiger partial charge in [0.25, 0.3) is 0 Å². The molecule has 0 unspecified atom stereocenters. The molecule has 5 nitrogen and oxygen atoms in total. The Kier molecular flexibility index (Phi) is 3.42. The van der Waals surface area contributed by atoms with Gasteiger partial charge in [-0.05, 0) is 31.5 Å².